The van der Waals surface area contributed by atoms with Crippen LogP contribution in [0.5, 0.6) is 0 Å². The number of aliphatic hydroxyl groups is 1. The van der Waals surface area contributed by atoms with Crippen LogP contribution in [0.1, 0.15) is 18.2 Å². The Labute approximate surface area is 121 Å². The Kier molecular flexibility index (Phi) is 3.22. The SMILES string of the molecule is Cn1nc(CC(C)(O)c2cncc(F)c2)c2ccccc21. The molecule has 2 aromatic heterocycles. The van der Waals surface area contributed by atoms with Crippen molar-refractivity contribution >= 4 is 10.9 Å². The van der Waals surface area contributed by atoms with Crippen LogP contribution in [-0.2, 0) is 19.1 Å². The van der Waals surface area contributed by atoms with Crippen LogP contribution in [0, 0.1) is 5.82 Å². The molecule has 108 valence electrons. The molecule has 0 amide bonds. The zero-order valence-corrected chi connectivity index (χ0v) is 11.9. The van der Waals surface area contributed by atoms with Crippen molar-refractivity contribution in [1.29, 1.82) is 0 Å². The molecule has 21 heavy (non-hydrogen) atoms. The summed E-state index contributed by atoms with van der Waals surface area (Å²) in [6, 6.07) is 9.13. The summed E-state index contributed by atoms with van der Waals surface area (Å²) in [6.07, 6.45) is 2.89. The first-order chi connectivity index (χ1) is 9.97. The molecule has 1 unspecified atom stereocenters. The van der Waals surface area contributed by atoms with Gasteiger partial charge in [0.2, 0.25) is 0 Å². The van der Waals surface area contributed by atoms with E-state index in [2.05, 4.69) is 10.1 Å². The normalized spacial score (nSPS) is 14.3. The fraction of sp³-hybridized carbons (Fsp3) is 0.250. The maximum Gasteiger partial charge on any atom is 0.141 e. The lowest BCUT2D eigenvalue weighted by molar-refractivity contribution is 0.0560. The third kappa shape index (κ3) is 2.52. The molecule has 0 fully saturated rings. The number of nitrogens with zero attached hydrogens (tertiary/aromatic N) is 3. The highest BCUT2D eigenvalue weighted by Crippen LogP contribution is 2.28. The molecular weight excluding hydrogens is 269 g/mol. The van der Waals surface area contributed by atoms with E-state index in [1.54, 1.807) is 11.6 Å². The highest BCUT2D eigenvalue weighted by Gasteiger charge is 2.27. The molecule has 5 heteroatoms. The molecular formula is C16H16FN3O. The van der Waals surface area contributed by atoms with E-state index in [0.29, 0.717) is 12.0 Å². The summed E-state index contributed by atoms with van der Waals surface area (Å²) in [4.78, 5) is 3.80. The van der Waals surface area contributed by atoms with E-state index in [-0.39, 0.29) is 0 Å². The van der Waals surface area contributed by atoms with E-state index in [1.165, 1.54) is 12.3 Å². The topological polar surface area (TPSA) is 50.9 Å². The summed E-state index contributed by atoms with van der Waals surface area (Å²) >= 11 is 0. The number of benzene rings is 1. The van der Waals surface area contributed by atoms with Crippen molar-refractivity contribution in [2.75, 3.05) is 0 Å². The Bertz CT molecular complexity index is 795. The fourth-order valence-corrected chi connectivity index (χ4v) is 2.55. The summed E-state index contributed by atoms with van der Waals surface area (Å²) in [5.74, 6) is -0.460. The summed E-state index contributed by atoms with van der Waals surface area (Å²) in [5, 5.41) is 16.1. The summed E-state index contributed by atoms with van der Waals surface area (Å²) in [6.45, 7) is 1.65. The molecule has 0 radical (unpaired) electrons. The molecule has 1 aromatic carbocycles. The van der Waals surface area contributed by atoms with Crippen molar-refractivity contribution in [2.45, 2.75) is 18.9 Å². The van der Waals surface area contributed by atoms with Gasteiger partial charge >= 0.3 is 0 Å². The molecule has 0 bridgehead atoms. The second kappa shape index (κ2) is 4.93. The number of aryl methyl sites for hydroxylation is 1. The van der Waals surface area contributed by atoms with Crippen molar-refractivity contribution in [3.63, 3.8) is 0 Å². The van der Waals surface area contributed by atoms with Gasteiger partial charge in [-0.1, -0.05) is 18.2 Å². The second-order valence-electron chi connectivity index (χ2n) is 5.43. The second-order valence-corrected chi connectivity index (χ2v) is 5.43. The number of rotatable bonds is 3. The molecule has 0 spiro atoms. The molecule has 1 N–H and O–H groups in total. The number of hydrogen-bond acceptors (Lipinski definition) is 3. The van der Waals surface area contributed by atoms with E-state index < -0.39 is 11.4 Å². The molecule has 0 aliphatic heterocycles. The predicted octanol–water partition coefficient (Wildman–Crippen LogP) is 2.56. The molecule has 0 aliphatic carbocycles. The van der Waals surface area contributed by atoms with Crippen LogP contribution in [0.25, 0.3) is 10.9 Å². The van der Waals surface area contributed by atoms with Gasteiger partial charge in [0.25, 0.3) is 0 Å². The van der Waals surface area contributed by atoms with Gasteiger partial charge in [-0.05, 0) is 19.1 Å². The quantitative estimate of drug-likeness (QED) is 0.804. The number of fused-ring (bicyclic) bond motifs is 1. The number of para-hydroxylation sites is 1. The largest absolute Gasteiger partial charge is 0.385 e. The van der Waals surface area contributed by atoms with Gasteiger partial charge in [-0.3, -0.25) is 9.67 Å². The first-order valence-corrected chi connectivity index (χ1v) is 6.71. The Hall–Kier alpha value is -2.27. The zero-order valence-electron chi connectivity index (χ0n) is 11.9. The van der Waals surface area contributed by atoms with Crippen LogP contribution in [0.4, 0.5) is 4.39 Å². The minimum atomic E-state index is -1.23. The van der Waals surface area contributed by atoms with Crippen molar-refractivity contribution in [3.8, 4) is 0 Å². The maximum absolute atomic E-state index is 13.3. The lowest BCUT2D eigenvalue weighted by atomic mass is 9.91. The molecule has 1 atom stereocenters. The average Bonchev–Trinajstić information content (AvgIpc) is 2.75. The van der Waals surface area contributed by atoms with Gasteiger partial charge in [0.15, 0.2) is 0 Å². The van der Waals surface area contributed by atoms with Crippen LogP contribution in [0.2, 0.25) is 0 Å². The van der Waals surface area contributed by atoms with Gasteiger partial charge in [-0.25, -0.2) is 4.39 Å². The highest BCUT2D eigenvalue weighted by molar-refractivity contribution is 5.82. The van der Waals surface area contributed by atoms with E-state index in [9.17, 15) is 9.50 Å². The highest BCUT2D eigenvalue weighted by atomic mass is 19.1. The first-order valence-electron chi connectivity index (χ1n) is 6.71. The van der Waals surface area contributed by atoms with E-state index in [0.717, 1.165) is 22.8 Å². The minimum absolute atomic E-state index is 0.291. The smallest absolute Gasteiger partial charge is 0.141 e. The summed E-state index contributed by atoms with van der Waals surface area (Å²) < 4.78 is 15.1. The third-order valence-corrected chi connectivity index (χ3v) is 3.67. The van der Waals surface area contributed by atoms with Crippen LogP contribution in [0.3, 0.4) is 0 Å². The van der Waals surface area contributed by atoms with E-state index in [1.807, 2.05) is 31.3 Å². The van der Waals surface area contributed by atoms with Gasteiger partial charge < -0.3 is 5.11 Å². The van der Waals surface area contributed by atoms with Gasteiger partial charge in [0, 0.05) is 30.6 Å². The molecule has 0 saturated heterocycles. The minimum Gasteiger partial charge on any atom is -0.385 e. The number of aromatic nitrogens is 3. The Morgan fingerprint density at radius 1 is 1.29 bits per heavy atom. The predicted molar refractivity (Wildman–Crippen MR) is 78.2 cm³/mol. The summed E-state index contributed by atoms with van der Waals surface area (Å²) in [5.41, 5.74) is 0.993. The van der Waals surface area contributed by atoms with Crippen molar-refractivity contribution in [1.82, 2.24) is 14.8 Å². The van der Waals surface area contributed by atoms with Crippen molar-refractivity contribution < 1.29 is 9.50 Å². The van der Waals surface area contributed by atoms with Gasteiger partial charge in [-0.2, -0.15) is 5.10 Å². The lowest BCUT2D eigenvalue weighted by Crippen LogP contribution is -2.25. The van der Waals surface area contributed by atoms with Crippen molar-refractivity contribution in [2.24, 2.45) is 7.05 Å². The fourth-order valence-electron chi connectivity index (χ4n) is 2.55. The number of hydrogen-bond donors (Lipinski definition) is 1. The van der Waals surface area contributed by atoms with Crippen LogP contribution >= 0.6 is 0 Å². The Morgan fingerprint density at radius 2 is 2.05 bits per heavy atom. The van der Waals surface area contributed by atoms with E-state index >= 15 is 0 Å². The van der Waals surface area contributed by atoms with Crippen LogP contribution < -0.4 is 0 Å². The first kappa shape index (κ1) is 13.7. The van der Waals surface area contributed by atoms with Gasteiger partial charge in [0.05, 0.1) is 23.0 Å². The third-order valence-electron chi connectivity index (χ3n) is 3.67. The van der Waals surface area contributed by atoms with Gasteiger partial charge in [-0.15, -0.1) is 0 Å². The number of halogens is 1. The Balaban J connectivity index is 2.01. The summed E-state index contributed by atoms with van der Waals surface area (Å²) in [7, 11) is 1.87. The standard InChI is InChI=1S/C16H16FN3O/c1-16(21,11-7-12(17)10-18-9-11)8-14-13-5-3-4-6-15(13)20(2)19-14/h3-7,9-10,21H,8H2,1-2H3. The van der Waals surface area contributed by atoms with Crippen molar-refractivity contribution in [3.05, 3.63) is 59.8 Å². The van der Waals surface area contributed by atoms with Crippen LogP contribution in [-0.4, -0.2) is 19.9 Å². The number of pyridine rings is 1. The molecule has 2 heterocycles. The van der Waals surface area contributed by atoms with Crippen LogP contribution in [0.15, 0.2) is 42.7 Å². The molecule has 0 saturated carbocycles. The molecule has 0 aliphatic rings. The van der Waals surface area contributed by atoms with E-state index in [4.69, 9.17) is 0 Å². The molecule has 3 aromatic rings. The average molecular weight is 285 g/mol. The molecule has 4 nitrogen and oxygen atoms in total. The zero-order chi connectivity index (χ0) is 15.0. The maximum atomic E-state index is 13.3. The molecule has 3 rings (SSSR count). The monoisotopic (exact) mass is 285 g/mol. The van der Waals surface area contributed by atoms with Gasteiger partial charge in [0.1, 0.15) is 5.82 Å². The Morgan fingerprint density at radius 3 is 2.81 bits per heavy atom. The lowest BCUT2D eigenvalue weighted by Gasteiger charge is -2.22.